The van der Waals surface area contributed by atoms with Crippen LogP contribution < -0.4 is 15.5 Å². The molecule has 0 unspecified atom stereocenters. The van der Waals surface area contributed by atoms with Crippen LogP contribution in [-0.2, 0) is 0 Å². The summed E-state index contributed by atoms with van der Waals surface area (Å²) >= 11 is 0. The van der Waals surface area contributed by atoms with Gasteiger partial charge in [0.15, 0.2) is 0 Å². The zero-order valence-electron chi connectivity index (χ0n) is 16.7. The van der Waals surface area contributed by atoms with Gasteiger partial charge >= 0.3 is 6.03 Å². The lowest BCUT2D eigenvalue weighted by Crippen LogP contribution is -2.44. The van der Waals surface area contributed by atoms with Gasteiger partial charge in [-0.25, -0.2) is 19.2 Å². The minimum absolute atomic E-state index is 0.127. The molecule has 4 rings (SSSR count). The monoisotopic (exact) mass is 398 g/mol. The molecule has 2 aliphatic rings. The minimum atomic E-state index is -0.201. The summed E-state index contributed by atoms with van der Waals surface area (Å²) in [7, 11) is 0. The van der Waals surface area contributed by atoms with Crippen LogP contribution in [0.15, 0.2) is 30.6 Å². The number of nitrogens with zero attached hydrogens (tertiary/aromatic N) is 4. The third-order valence-electron chi connectivity index (χ3n) is 5.74. The number of hydrogen-bond acceptors (Lipinski definition) is 5. The molecular formula is C21H27FN6O. The van der Waals surface area contributed by atoms with E-state index in [1.165, 1.54) is 11.6 Å². The maximum absolute atomic E-state index is 13.3. The quantitative estimate of drug-likeness (QED) is 0.832. The molecule has 2 fully saturated rings. The molecule has 2 amide bonds. The average Bonchev–Trinajstić information content (AvgIpc) is 2.75. The molecular weight excluding hydrogens is 371 g/mol. The number of piperazine rings is 1. The zero-order chi connectivity index (χ0) is 20.2. The van der Waals surface area contributed by atoms with Gasteiger partial charge < -0.3 is 20.4 Å². The Morgan fingerprint density at radius 1 is 1.14 bits per heavy atom. The number of nitrogens with one attached hydrogen (secondary N) is 2. The van der Waals surface area contributed by atoms with Crippen molar-refractivity contribution in [1.29, 1.82) is 0 Å². The number of aromatic nitrogens is 2. The van der Waals surface area contributed by atoms with Crippen molar-refractivity contribution in [1.82, 2.24) is 20.2 Å². The van der Waals surface area contributed by atoms with Crippen molar-refractivity contribution in [2.24, 2.45) is 0 Å². The standard InChI is InChI=1S/C21H27FN6O/c1-15-12-17(22)2-3-19(15)16-4-8-28(9-5-16)21(29)26-18-13-24-20(25-14-18)27-10-6-23-7-11-27/h2-3,12-14,16,23H,4-11H2,1H3,(H,26,29). The van der Waals surface area contributed by atoms with Crippen LogP contribution >= 0.6 is 0 Å². The predicted octanol–water partition coefficient (Wildman–Crippen LogP) is 2.75. The number of urea groups is 1. The fourth-order valence-corrected chi connectivity index (χ4v) is 4.11. The van der Waals surface area contributed by atoms with E-state index in [1.54, 1.807) is 18.5 Å². The molecule has 3 heterocycles. The van der Waals surface area contributed by atoms with Crippen molar-refractivity contribution in [3.63, 3.8) is 0 Å². The van der Waals surface area contributed by atoms with E-state index < -0.39 is 0 Å². The van der Waals surface area contributed by atoms with Gasteiger partial charge in [0, 0.05) is 39.3 Å². The largest absolute Gasteiger partial charge is 0.338 e. The molecule has 0 atom stereocenters. The van der Waals surface area contributed by atoms with Gasteiger partial charge in [0.2, 0.25) is 5.95 Å². The fraction of sp³-hybridized carbons (Fsp3) is 0.476. The molecule has 8 heteroatoms. The SMILES string of the molecule is Cc1cc(F)ccc1C1CCN(C(=O)Nc2cnc(N3CCNCC3)nc2)CC1. The highest BCUT2D eigenvalue weighted by atomic mass is 19.1. The Bertz CT molecular complexity index is 845. The van der Waals surface area contributed by atoms with Crippen molar-refractivity contribution >= 4 is 17.7 Å². The highest BCUT2D eigenvalue weighted by Gasteiger charge is 2.25. The lowest BCUT2D eigenvalue weighted by molar-refractivity contribution is 0.194. The van der Waals surface area contributed by atoms with E-state index in [0.29, 0.717) is 30.6 Å². The summed E-state index contributed by atoms with van der Waals surface area (Å²) < 4.78 is 13.3. The van der Waals surface area contributed by atoms with Gasteiger partial charge in [0.05, 0.1) is 18.1 Å². The highest BCUT2D eigenvalue weighted by molar-refractivity contribution is 5.89. The van der Waals surface area contributed by atoms with Crippen LogP contribution in [0.2, 0.25) is 0 Å². The number of likely N-dealkylation sites (tertiary alicyclic amines) is 1. The van der Waals surface area contributed by atoms with Crippen molar-refractivity contribution in [3.05, 3.63) is 47.5 Å². The van der Waals surface area contributed by atoms with E-state index >= 15 is 0 Å². The molecule has 0 spiro atoms. The normalized spacial score (nSPS) is 18.0. The van der Waals surface area contributed by atoms with E-state index in [2.05, 4.69) is 25.5 Å². The number of halogens is 1. The molecule has 0 saturated carbocycles. The first-order valence-corrected chi connectivity index (χ1v) is 10.2. The Morgan fingerprint density at radius 2 is 1.83 bits per heavy atom. The second-order valence-electron chi connectivity index (χ2n) is 7.70. The molecule has 154 valence electrons. The van der Waals surface area contributed by atoms with Gasteiger partial charge in [-0.2, -0.15) is 0 Å². The predicted molar refractivity (Wildman–Crippen MR) is 111 cm³/mol. The number of hydrogen-bond donors (Lipinski definition) is 2. The second-order valence-corrected chi connectivity index (χ2v) is 7.70. The van der Waals surface area contributed by atoms with Crippen molar-refractivity contribution in [2.45, 2.75) is 25.7 Å². The van der Waals surface area contributed by atoms with E-state index in [-0.39, 0.29) is 11.8 Å². The molecule has 0 bridgehead atoms. The number of amides is 2. The van der Waals surface area contributed by atoms with Crippen LogP contribution in [0.5, 0.6) is 0 Å². The minimum Gasteiger partial charge on any atom is -0.338 e. The summed E-state index contributed by atoms with van der Waals surface area (Å²) in [6.45, 7) is 6.91. The summed E-state index contributed by atoms with van der Waals surface area (Å²) in [5.41, 5.74) is 2.77. The van der Waals surface area contributed by atoms with E-state index in [4.69, 9.17) is 0 Å². The third kappa shape index (κ3) is 4.64. The smallest absolute Gasteiger partial charge is 0.321 e. The molecule has 1 aromatic carbocycles. The number of rotatable bonds is 3. The maximum atomic E-state index is 13.3. The number of carbonyl (C=O) groups excluding carboxylic acids is 1. The summed E-state index contributed by atoms with van der Waals surface area (Å²) in [4.78, 5) is 25.3. The van der Waals surface area contributed by atoms with Crippen LogP contribution in [0, 0.1) is 12.7 Å². The Kier molecular flexibility index (Phi) is 5.89. The van der Waals surface area contributed by atoms with Crippen LogP contribution in [-0.4, -0.2) is 60.2 Å². The van der Waals surface area contributed by atoms with Crippen LogP contribution in [0.1, 0.15) is 29.9 Å². The Morgan fingerprint density at radius 3 is 2.48 bits per heavy atom. The zero-order valence-corrected chi connectivity index (χ0v) is 16.7. The van der Waals surface area contributed by atoms with Crippen molar-refractivity contribution < 1.29 is 9.18 Å². The molecule has 0 aliphatic carbocycles. The number of aryl methyl sites for hydroxylation is 1. The molecule has 0 radical (unpaired) electrons. The molecule has 7 nitrogen and oxygen atoms in total. The summed E-state index contributed by atoms with van der Waals surface area (Å²) in [5.74, 6) is 0.856. The molecule has 2 aromatic rings. The third-order valence-corrected chi connectivity index (χ3v) is 5.74. The van der Waals surface area contributed by atoms with Crippen LogP contribution in [0.3, 0.4) is 0 Å². The molecule has 1 aromatic heterocycles. The number of piperidine rings is 1. The highest BCUT2D eigenvalue weighted by Crippen LogP contribution is 2.30. The Hall–Kier alpha value is -2.74. The van der Waals surface area contributed by atoms with Crippen LogP contribution in [0.4, 0.5) is 20.8 Å². The topological polar surface area (TPSA) is 73.4 Å². The Labute approximate surface area is 170 Å². The van der Waals surface area contributed by atoms with Crippen molar-refractivity contribution in [2.75, 3.05) is 49.5 Å². The summed E-state index contributed by atoms with van der Waals surface area (Å²) in [6.07, 6.45) is 5.07. The first kappa shape index (κ1) is 19.6. The maximum Gasteiger partial charge on any atom is 0.321 e. The molecule has 2 saturated heterocycles. The second kappa shape index (κ2) is 8.73. The number of carbonyl (C=O) groups is 1. The molecule has 29 heavy (non-hydrogen) atoms. The molecule has 2 N–H and O–H groups in total. The summed E-state index contributed by atoms with van der Waals surface area (Å²) in [5, 5.41) is 6.20. The first-order valence-electron chi connectivity index (χ1n) is 10.2. The van der Waals surface area contributed by atoms with E-state index in [9.17, 15) is 9.18 Å². The fourth-order valence-electron chi connectivity index (χ4n) is 4.11. The lowest BCUT2D eigenvalue weighted by Gasteiger charge is -2.33. The number of anilines is 2. The van der Waals surface area contributed by atoms with E-state index in [1.807, 2.05) is 17.9 Å². The van der Waals surface area contributed by atoms with E-state index in [0.717, 1.165) is 44.6 Å². The average molecular weight is 398 g/mol. The van der Waals surface area contributed by atoms with Crippen molar-refractivity contribution in [3.8, 4) is 0 Å². The lowest BCUT2D eigenvalue weighted by atomic mass is 9.87. The van der Waals surface area contributed by atoms with Gasteiger partial charge in [-0.15, -0.1) is 0 Å². The molecule has 2 aliphatic heterocycles. The van der Waals surface area contributed by atoms with Gasteiger partial charge in [-0.1, -0.05) is 6.07 Å². The van der Waals surface area contributed by atoms with Gasteiger partial charge in [0.25, 0.3) is 0 Å². The van der Waals surface area contributed by atoms with Gasteiger partial charge in [-0.05, 0) is 48.9 Å². The first-order chi connectivity index (χ1) is 14.1. The Balaban J connectivity index is 1.30. The van der Waals surface area contributed by atoms with Crippen LogP contribution in [0.25, 0.3) is 0 Å². The van der Waals surface area contributed by atoms with Gasteiger partial charge in [-0.3, -0.25) is 0 Å². The van der Waals surface area contributed by atoms with Gasteiger partial charge in [0.1, 0.15) is 5.82 Å². The number of benzene rings is 1. The summed E-state index contributed by atoms with van der Waals surface area (Å²) in [6, 6.07) is 4.85.